The molecule has 116 valence electrons. The van der Waals surface area contributed by atoms with Crippen LogP contribution in [0.2, 0.25) is 0 Å². The molecule has 4 atom stereocenters. The van der Waals surface area contributed by atoms with E-state index in [0.29, 0.717) is 18.1 Å². The number of methoxy groups -OCH3 is 1. The highest BCUT2D eigenvalue weighted by atomic mass is 16.5. The summed E-state index contributed by atoms with van der Waals surface area (Å²) in [5.74, 6) is 0.586. The molecule has 0 bridgehead atoms. The zero-order valence-corrected chi connectivity index (χ0v) is 12.9. The molecule has 1 aliphatic carbocycles. The molecule has 2 aliphatic rings. The van der Waals surface area contributed by atoms with Gasteiger partial charge >= 0.3 is 0 Å². The van der Waals surface area contributed by atoms with E-state index in [1.54, 1.807) is 7.11 Å². The number of nitrogens with zero attached hydrogens (tertiary/aromatic N) is 1. The van der Waals surface area contributed by atoms with Crippen LogP contribution in [0.3, 0.4) is 0 Å². The van der Waals surface area contributed by atoms with Gasteiger partial charge in [0, 0.05) is 19.7 Å². The molecule has 3 heteroatoms. The Hall–Kier alpha value is -0.900. The van der Waals surface area contributed by atoms with E-state index in [0.717, 1.165) is 38.8 Å². The van der Waals surface area contributed by atoms with Gasteiger partial charge in [-0.3, -0.25) is 4.90 Å². The third-order valence-corrected chi connectivity index (χ3v) is 5.26. The van der Waals surface area contributed by atoms with Crippen LogP contribution in [0, 0.1) is 0 Å². The normalized spacial score (nSPS) is 34.8. The quantitative estimate of drug-likeness (QED) is 0.929. The van der Waals surface area contributed by atoms with Gasteiger partial charge in [0.15, 0.2) is 0 Å². The number of rotatable bonds is 3. The summed E-state index contributed by atoms with van der Waals surface area (Å²) in [6, 6.07) is 11.1. The Balaban J connectivity index is 1.69. The maximum atomic E-state index is 10.5. The van der Waals surface area contributed by atoms with Crippen molar-refractivity contribution in [1.82, 2.24) is 4.90 Å². The van der Waals surface area contributed by atoms with Crippen LogP contribution in [0.5, 0.6) is 0 Å². The lowest BCUT2D eigenvalue weighted by Gasteiger charge is -2.44. The van der Waals surface area contributed by atoms with Crippen molar-refractivity contribution in [2.24, 2.45) is 0 Å². The predicted octanol–water partition coefficient (Wildman–Crippen LogP) is 2.79. The average molecular weight is 289 g/mol. The van der Waals surface area contributed by atoms with Crippen LogP contribution in [-0.2, 0) is 4.74 Å². The number of aliphatic hydroxyl groups is 1. The lowest BCUT2D eigenvalue weighted by molar-refractivity contribution is -0.0363. The molecule has 1 heterocycles. The molecule has 0 radical (unpaired) electrons. The van der Waals surface area contributed by atoms with E-state index in [-0.39, 0.29) is 6.10 Å². The first-order chi connectivity index (χ1) is 10.3. The average Bonchev–Trinajstić information content (AvgIpc) is 2.56. The molecule has 1 saturated carbocycles. The van der Waals surface area contributed by atoms with E-state index in [4.69, 9.17) is 4.74 Å². The molecule has 1 aromatic carbocycles. The molecular formula is C18H27NO2. The number of benzene rings is 1. The molecule has 1 aliphatic heterocycles. The fraction of sp³-hybridized carbons (Fsp3) is 0.667. The van der Waals surface area contributed by atoms with Gasteiger partial charge in [0.1, 0.15) is 0 Å². The highest BCUT2D eigenvalue weighted by Crippen LogP contribution is 2.36. The summed E-state index contributed by atoms with van der Waals surface area (Å²) in [6.45, 7) is 2.07. The van der Waals surface area contributed by atoms with Crippen molar-refractivity contribution >= 4 is 0 Å². The van der Waals surface area contributed by atoms with Crippen molar-refractivity contribution < 1.29 is 9.84 Å². The van der Waals surface area contributed by atoms with E-state index >= 15 is 0 Å². The van der Waals surface area contributed by atoms with Crippen LogP contribution < -0.4 is 0 Å². The monoisotopic (exact) mass is 289 g/mol. The van der Waals surface area contributed by atoms with Gasteiger partial charge in [0.05, 0.1) is 12.2 Å². The second-order valence-corrected chi connectivity index (χ2v) is 6.55. The minimum absolute atomic E-state index is 0.180. The minimum Gasteiger partial charge on any atom is -0.391 e. The molecule has 3 nitrogen and oxygen atoms in total. The van der Waals surface area contributed by atoms with Crippen molar-refractivity contribution in [3.63, 3.8) is 0 Å². The SMILES string of the molecule is COC1CCCN(C2CC(c3ccccc3)CCC2O)C1. The van der Waals surface area contributed by atoms with E-state index in [1.165, 1.54) is 12.0 Å². The van der Waals surface area contributed by atoms with E-state index in [2.05, 4.69) is 35.2 Å². The Morgan fingerprint density at radius 1 is 1.14 bits per heavy atom. The first-order valence-corrected chi connectivity index (χ1v) is 8.27. The van der Waals surface area contributed by atoms with Gasteiger partial charge in [-0.15, -0.1) is 0 Å². The Labute approximate surface area is 127 Å². The van der Waals surface area contributed by atoms with Gasteiger partial charge < -0.3 is 9.84 Å². The topological polar surface area (TPSA) is 32.7 Å². The molecule has 1 aromatic rings. The molecule has 0 aromatic heterocycles. The third-order valence-electron chi connectivity index (χ3n) is 5.26. The molecule has 1 N–H and O–H groups in total. The second kappa shape index (κ2) is 6.91. The molecule has 4 unspecified atom stereocenters. The summed E-state index contributed by atoms with van der Waals surface area (Å²) in [6.07, 6.45) is 5.57. The Bertz CT molecular complexity index is 436. The van der Waals surface area contributed by atoms with Gasteiger partial charge in [-0.1, -0.05) is 30.3 Å². The van der Waals surface area contributed by atoms with Crippen molar-refractivity contribution in [2.75, 3.05) is 20.2 Å². The first-order valence-electron chi connectivity index (χ1n) is 8.27. The van der Waals surface area contributed by atoms with Crippen molar-refractivity contribution in [2.45, 2.75) is 56.3 Å². The first kappa shape index (κ1) is 15.0. The maximum absolute atomic E-state index is 10.5. The number of piperidine rings is 1. The van der Waals surface area contributed by atoms with Crippen LogP contribution in [0.4, 0.5) is 0 Å². The largest absolute Gasteiger partial charge is 0.391 e. The summed E-state index contributed by atoms with van der Waals surface area (Å²) < 4.78 is 5.54. The number of ether oxygens (including phenoxy) is 1. The van der Waals surface area contributed by atoms with Crippen LogP contribution in [0.1, 0.15) is 43.6 Å². The summed E-state index contributed by atoms with van der Waals surface area (Å²) in [7, 11) is 1.80. The van der Waals surface area contributed by atoms with Crippen LogP contribution >= 0.6 is 0 Å². The van der Waals surface area contributed by atoms with Gasteiger partial charge in [0.25, 0.3) is 0 Å². The zero-order chi connectivity index (χ0) is 14.7. The van der Waals surface area contributed by atoms with Crippen LogP contribution in [0.15, 0.2) is 30.3 Å². The molecule has 0 amide bonds. The molecular weight excluding hydrogens is 262 g/mol. The number of hydrogen-bond acceptors (Lipinski definition) is 3. The van der Waals surface area contributed by atoms with E-state index in [1.807, 2.05) is 0 Å². The molecule has 3 rings (SSSR count). The van der Waals surface area contributed by atoms with E-state index in [9.17, 15) is 5.11 Å². The molecule has 0 spiro atoms. The van der Waals surface area contributed by atoms with Crippen molar-refractivity contribution in [3.05, 3.63) is 35.9 Å². The number of hydrogen-bond donors (Lipinski definition) is 1. The standard InChI is InChI=1S/C18H27NO2/c1-21-16-8-5-11-19(13-16)17-12-15(9-10-18(17)20)14-6-3-2-4-7-14/h2-4,6-7,15-18,20H,5,8-13H2,1H3. The lowest BCUT2D eigenvalue weighted by atomic mass is 9.79. The highest BCUT2D eigenvalue weighted by Gasteiger charge is 2.35. The van der Waals surface area contributed by atoms with Gasteiger partial charge in [-0.2, -0.15) is 0 Å². The Kier molecular flexibility index (Phi) is 4.94. The van der Waals surface area contributed by atoms with Gasteiger partial charge in [-0.05, 0) is 50.1 Å². The van der Waals surface area contributed by atoms with Crippen LogP contribution in [0.25, 0.3) is 0 Å². The third kappa shape index (κ3) is 3.47. The number of aliphatic hydroxyl groups excluding tert-OH is 1. The summed E-state index contributed by atoms with van der Waals surface area (Å²) >= 11 is 0. The molecule has 2 fully saturated rings. The van der Waals surface area contributed by atoms with E-state index < -0.39 is 0 Å². The second-order valence-electron chi connectivity index (χ2n) is 6.55. The van der Waals surface area contributed by atoms with Gasteiger partial charge in [-0.25, -0.2) is 0 Å². The van der Waals surface area contributed by atoms with Crippen molar-refractivity contribution in [1.29, 1.82) is 0 Å². The Morgan fingerprint density at radius 3 is 2.71 bits per heavy atom. The summed E-state index contributed by atoms with van der Waals surface area (Å²) in [5, 5.41) is 10.5. The number of likely N-dealkylation sites (tertiary alicyclic amines) is 1. The fourth-order valence-electron chi connectivity index (χ4n) is 4.01. The van der Waals surface area contributed by atoms with Crippen LogP contribution in [-0.4, -0.2) is 48.5 Å². The molecule has 21 heavy (non-hydrogen) atoms. The lowest BCUT2D eigenvalue weighted by Crippen LogP contribution is -2.52. The molecule has 1 saturated heterocycles. The highest BCUT2D eigenvalue weighted by molar-refractivity contribution is 5.20. The van der Waals surface area contributed by atoms with Crippen molar-refractivity contribution in [3.8, 4) is 0 Å². The van der Waals surface area contributed by atoms with Gasteiger partial charge in [0.2, 0.25) is 0 Å². The zero-order valence-electron chi connectivity index (χ0n) is 12.9. The smallest absolute Gasteiger partial charge is 0.0698 e. The predicted molar refractivity (Wildman–Crippen MR) is 84.4 cm³/mol. The summed E-state index contributed by atoms with van der Waals surface area (Å²) in [4.78, 5) is 2.47. The Morgan fingerprint density at radius 2 is 1.95 bits per heavy atom. The minimum atomic E-state index is -0.180. The maximum Gasteiger partial charge on any atom is 0.0698 e. The summed E-state index contributed by atoms with van der Waals surface area (Å²) in [5.41, 5.74) is 1.43. The fourth-order valence-corrected chi connectivity index (χ4v) is 4.01.